The van der Waals surface area contributed by atoms with Crippen LogP contribution in [0.3, 0.4) is 0 Å². The van der Waals surface area contributed by atoms with Crippen LogP contribution < -0.4 is 4.90 Å². The topological polar surface area (TPSA) is 16.1 Å². The summed E-state index contributed by atoms with van der Waals surface area (Å²) in [7, 11) is 0. The van der Waals surface area contributed by atoms with Crippen LogP contribution in [0.4, 0.5) is 19.0 Å². The third-order valence-corrected chi connectivity index (χ3v) is 3.17. The van der Waals surface area contributed by atoms with E-state index in [4.69, 9.17) is 11.6 Å². The molecule has 1 aromatic rings. The molecule has 0 saturated heterocycles. The first kappa shape index (κ1) is 13.2. The fourth-order valence-corrected chi connectivity index (χ4v) is 2.15. The molecule has 0 unspecified atom stereocenters. The van der Waals surface area contributed by atoms with Crippen LogP contribution in [0.5, 0.6) is 0 Å². The average molecular weight is 277 g/mol. The summed E-state index contributed by atoms with van der Waals surface area (Å²) in [5, 5.41) is 0. The predicted octanol–water partition coefficient (Wildman–Crippen LogP) is 3.52. The van der Waals surface area contributed by atoms with Crippen LogP contribution in [0.25, 0.3) is 0 Å². The Morgan fingerprint density at radius 2 is 2.17 bits per heavy atom. The van der Waals surface area contributed by atoms with Gasteiger partial charge in [-0.25, -0.2) is 4.98 Å². The van der Waals surface area contributed by atoms with Crippen molar-refractivity contribution in [3.8, 4) is 0 Å². The van der Waals surface area contributed by atoms with Gasteiger partial charge in [-0.05, 0) is 12.5 Å². The van der Waals surface area contributed by atoms with Gasteiger partial charge in [0.2, 0.25) is 0 Å². The fourth-order valence-electron chi connectivity index (χ4n) is 1.94. The average Bonchev–Trinajstić information content (AvgIpc) is 2.38. The molecule has 1 aliphatic rings. The lowest BCUT2D eigenvalue weighted by Crippen LogP contribution is -2.33. The standard InChI is InChI=1S/C12H12ClF3N2/c13-8-9-2-1-5-17-11(9)18-6-3-10(4-7-18)12(14,15)16/h1-3,5H,4,6-8H2. The Labute approximate surface area is 108 Å². The fraction of sp³-hybridized carbons (Fsp3) is 0.417. The second-order valence-corrected chi connectivity index (χ2v) is 4.31. The van der Waals surface area contributed by atoms with E-state index in [0.29, 0.717) is 18.2 Å². The van der Waals surface area contributed by atoms with Gasteiger partial charge in [0.05, 0.1) is 5.88 Å². The lowest BCUT2D eigenvalue weighted by Gasteiger charge is -2.29. The Morgan fingerprint density at radius 1 is 1.39 bits per heavy atom. The van der Waals surface area contributed by atoms with Crippen molar-refractivity contribution < 1.29 is 13.2 Å². The van der Waals surface area contributed by atoms with Crippen molar-refractivity contribution in [2.75, 3.05) is 18.0 Å². The Kier molecular flexibility index (Phi) is 3.80. The third kappa shape index (κ3) is 2.77. The van der Waals surface area contributed by atoms with Crippen molar-refractivity contribution in [1.82, 2.24) is 4.98 Å². The molecule has 0 radical (unpaired) electrons. The number of hydrogen-bond donors (Lipinski definition) is 0. The number of nitrogens with zero attached hydrogens (tertiary/aromatic N) is 2. The van der Waals surface area contributed by atoms with Crippen molar-refractivity contribution >= 4 is 17.4 Å². The zero-order chi connectivity index (χ0) is 13.2. The molecule has 6 heteroatoms. The highest BCUT2D eigenvalue weighted by Crippen LogP contribution is 2.31. The molecule has 0 spiro atoms. The molecule has 1 aliphatic heterocycles. The van der Waals surface area contributed by atoms with Crippen LogP contribution in [0, 0.1) is 0 Å². The number of rotatable bonds is 2. The highest BCUT2D eigenvalue weighted by atomic mass is 35.5. The smallest absolute Gasteiger partial charge is 0.352 e. The van der Waals surface area contributed by atoms with Crippen molar-refractivity contribution in [2.45, 2.75) is 18.5 Å². The Balaban J connectivity index is 2.17. The molecule has 0 N–H and O–H groups in total. The molecular weight excluding hydrogens is 265 g/mol. The monoisotopic (exact) mass is 276 g/mol. The largest absolute Gasteiger partial charge is 0.412 e. The first-order chi connectivity index (χ1) is 8.52. The van der Waals surface area contributed by atoms with Gasteiger partial charge in [-0.2, -0.15) is 13.2 Å². The summed E-state index contributed by atoms with van der Waals surface area (Å²) in [5.74, 6) is 0.972. The SMILES string of the molecule is FC(F)(F)C1=CCN(c2ncccc2CCl)CC1. The first-order valence-electron chi connectivity index (χ1n) is 5.53. The van der Waals surface area contributed by atoms with Crippen LogP contribution >= 0.6 is 11.6 Å². The molecule has 2 heterocycles. The van der Waals surface area contributed by atoms with E-state index >= 15 is 0 Å². The zero-order valence-corrected chi connectivity index (χ0v) is 10.3. The number of anilines is 1. The van der Waals surface area contributed by atoms with Crippen LogP contribution in [-0.2, 0) is 5.88 Å². The van der Waals surface area contributed by atoms with Crippen molar-refractivity contribution in [2.24, 2.45) is 0 Å². The number of alkyl halides is 4. The van der Waals surface area contributed by atoms with Crippen molar-refractivity contribution in [3.63, 3.8) is 0 Å². The van der Waals surface area contributed by atoms with E-state index in [1.165, 1.54) is 6.08 Å². The number of aromatic nitrogens is 1. The molecule has 0 aliphatic carbocycles. The molecule has 0 saturated carbocycles. The first-order valence-corrected chi connectivity index (χ1v) is 6.07. The minimum absolute atomic E-state index is 0.0121. The van der Waals surface area contributed by atoms with Gasteiger partial charge in [-0.15, -0.1) is 11.6 Å². The van der Waals surface area contributed by atoms with Crippen molar-refractivity contribution in [3.05, 3.63) is 35.5 Å². The van der Waals surface area contributed by atoms with Gasteiger partial charge >= 0.3 is 6.18 Å². The van der Waals surface area contributed by atoms with Crippen molar-refractivity contribution in [1.29, 1.82) is 0 Å². The van der Waals surface area contributed by atoms with Crippen LogP contribution in [0.15, 0.2) is 30.0 Å². The summed E-state index contributed by atoms with van der Waals surface area (Å²) in [4.78, 5) is 6.00. The zero-order valence-electron chi connectivity index (χ0n) is 9.54. The van der Waals surface area contributed by atoms with E-state index in [1.807, 2.05) is 11.0 Å². The van der Waals surface area contributed by atoms with Gasteiger partial charge in [-0.3, -0.25) is 0 Å². The molecule has 2 rings (SSSR count). The minimum atomic E-state index is -4.22. The normalized spacial score (nSPS) is 16.7. The number of hydrogen-bond acceptors (Lipinski definition) is 2. The van der Waals surface area contributed by atoms with Gasteiger partial charge in [0.15, 0.2) is 0 Å². The number of halogens is 4. The van der Waals surface area contributed by atoms with Gasteiger partial charge < -0.3 is 4.90 Å². The summed E-state index contributed by atoms with van der Waals surface area (Å²) in [6.07, 6.45) is -1.39. The lowest BCUT2D eigenvalue weighted by atomic mass is 10.1. The summed E-state index contributed by atoms with van der Waals surface area (Å²) in [6, 6.07) is 3.60. The Bertz CT molecular complexity index is 457. The summed E-state index contributed by atoms with van der Waals surface area (Å²) >= 11 is 5.79. The van der Waals surface area contributed by atoms with Gasteiger partial charge in [0, 0.05) is 30.4 Å². The van der Waals surface area contributed by atoms with Gasteiger partial charge in [-0.1, -0.05) is 12.1 Å². The van der Waals surface area contributed by atoms with E-state index in [0.717, 1.165) is 5.56 Å². The van der Waals surface area contributed by atoms with E-state index in [1.54, 1.807) is 12.3 Å². The molecule has 0 atom stereocenters. The molecule has 0 amide bonds. The van der Waals surface area contributed by atoms with Gasteiger partial charge in [0.25, 0.3) is 0 Å². The second-order valence-electron chi connectivity index (χ2n) is 4.04. The van der Waals surface area contributed by atoms with E-state index in [2.05, 4.69) is 4.98 Å². The summed E-state index contributed by atoms with van der Waals surface area (Å²) < 4.78 is 37.5. The quantitative estimate of drug-likeness (QED) is 0.607. The Morgan fingerprint density at radius 3 is 2.72 bits per heavy atom. The molecular formula is C12H12ClF3N2. The highest BCUT2D eigenvalue weighted by molar-refractivity contribution is 6.17. The maximum atomic E-state index is 12.5. The molecule has 0 bridgehead atoms. The van der Waals surface area contributed by atoms with E-state index in [9.17, 15) is 13.2 Å². The molecule has 0 aromatic carbocycles. The van der Waals surface area contributed by atoms with Crippen LogP contribution in [0.2, 0.25) is 0 Å². The lowest BCUT2D eigenvalue weighted by molar-refractivity contribution is -0.0944. The molecule has 0 fully saturated rings. The molecule has 98 valence electrons. The Hall–Kier alpha value is -1.23. The molecule has 1 aromatic heterocycles. The van der Waals surface area contributed by atoms with Crippen LogP contribution in [0.1, 0.15) is 12.0 Å². The highest BCUT2D eigenvalue weighted by Gasteiger charge is 2.35. The van der Waals surface area contributed by atoms with Crippen LogP contribution in [-0.4, -0.2) is 24.2 Å². The molecule has 2 nitrogen and oxygen atoms in total. The van der Waals surface area contributed by atoms with E-state index < -0.39 is 11.7 Å². The number of pyridine rings is 1. The maximum Gasteiger partial charge on any atom is 0.412 e. The molecule has 18 heavy (non-hydrogen) atoms. The third-order valence-electron chi connectivity index (χ3n) is 2.88. The van der Waals surface area contributed by atoms with Gasteiger partial charge in [0.1, 0.15) is 5.82 Å². The summed E-state index contributed by atoms with van der Waals surface area (Å²) in [5.41, 5.74) is 0.380. The van der Waals surface area contributed by atoms with E-state index in [-0.39, 0.29) is 13.0 Å². The maximum absolute atomic E-state index is 12.5. The predicted molar refractivity (Wildman–Crippen MR) is 64.8 cm³/mol. The summed E-state index contributed by atoms with van der Waals surface area (Å²) in [6.45, 7) is 0.530. The second kappa shape index (κ2) is 5.18. The minimum Gasteiger partial charge on any atom is -0.352 e.